The molecule has 1 aromatic heterocycles. The third-order valence-electron chi connectivity index (χ3n) is 5.02. The standard InChI is InChI=1S/C19H24ClFN6O4S/c1-26(2)19(29)23-13-4-11(5-13)9-32(30,31)25-24-18(28)14-6-12(7-15(20)17(14)21)16-8-27(3)10-22-16/h6-8,10-11,13,25H,4-5,9H2,1-3H3,(H,23,29)(H,24,28)/t11-,13-. The maximum atomic E-state index is 14.4. The lowest BCUT2D eigenvalue weighted by atomic mass is 9.82. The Morgan fingerprint density at radius 2 is 2.00 bits per heavy atom. The molecule has 1 aromatic carbocycles. The molecule has 32 heavy (non-hydrogen) atoms. The van der Waals surface area contributed by atoms with Crippen LogP contribution in [-0.4, -0.2) is 60.7 Å². The van der Waals surface area contributed by atoms with Crippen molar-refractivity contribution in [1.29, 1.82) is 0 Å². The van der Waals surface area contributed by atoms with Gasteiger partial charge >= 0.3 is 6.03 Å². The molecule has 13 heteroatoms. The number of urea groups is 1. The van der Waals surface area contributed by atoms with Gasteiger partial charge in [0.15, 0.2) is 5.82 Å². The molecule has 0 unspecified atom stereocenters. The highest BCUT2D eigenvalue weighted by molar-refractivity contribution is 7.89. The number of aromatic nitrogens is 2. The number of nitrogens with zero attached hydrogens (tertiary/aromatic N) is 3. The van der Waals surface area contributed by atoms with Gasteiger partial charge in [0.25, 0.3) is 5.91 Å². The van der Waals surface area contributed by atoms with Crippen LogP contribution in [0.5, 0.6) is 0 Å². The second kappa shape index (κ2) is 9.43. The van der Waals surface area contributed by atoms with E-state index in [0.29, 0.717) is 24.1 Å². The Morgan fingerprint density at radius 3 is 2.59 bits per heavy atom. The first kappa shape index (κ1) is 24.0. The number of amides is 3. The molecular formula is C19H24ClFN6O4S. The number of halogens is 2. The second-order valence-electron chi connectivity index (χ2n) is 7.96. The zero-order chi connectivity index (χ0) is 23.6. The monoisotopic (exact) mass is 486 g/mol. The van der Waals surface area contributed by atoms with Gasteiger partial charge in [0.2, 0.25) is 10.0 Å². The van der Waals surface area contributed by atoms with E-state index < -0.39 is 27.3 Å². The van der Waals surface area contributed by atoms with Crippen LogP contribution >= 0.6 is 11.6 Å². The number of hydrogen-bond donors (Lipinski definition) is 3. The van der Waals surface area contributed by atoms with Crippen molar-refractivity contribution < 1.29 is 22.4 Å². The molecule has 0 saturated heterocycles. The molecule has 1 saturated carbocycles. The summed E-state index contributed by atoms with van der Waals surface area (Å²) in [7, 11) is 1.11. The van der Waals surface area contributed by atoms with Crippen LogP contribution in [0.2, 0.25) is 5.02 Å². The topological polar surface area (TPSA) is 125 Å². The molecule has 1 aliphatic carbocycles. The van der Waals surface area contributed by atoms with E-state index in [1.807, 2.05) is 10.3 Å². The molecular weight excluding hydrogens is 463 g/mol. The Labute approximate surface area is 190 Å². The van der Waals surface area contributed by atoms with Crippen LogP contribution < -0.4 is 15.6 Å². The minimum absolute atomic E-state index is 0.0923. The number of sulfonamides is 1. The van der Waals surface area contributed by atoms with Gasteiger partial charge in [0.05, 0.1) is 28.4 Å². The van der Waals surface area contributed by atoms with E-state index >= 15 is 0 Å². The lowest BCUT2D eigenvalue weighted by Crippen LogP contribution is -2.51. The number of carbonyl (C=O) groups excluding carboxylic acids is 2. The maximum Gasteiger partial charge on any atom is 0.317 e. The molecule has 3 amide bonds. The lowest BCUT2D eigenvalue weighted by Gasteiger charge is -2.36. The molecule has 0 aliphatic heterocycles. The fraction of sp³-hybridized carbons (Fsp3) is 0.421. The summed E-state index contributed by atoms with van der Waals surface area (Å²) in [5, 5.41) is 2.49. The van der Waals surface area contributed by atoms with Gasteiger partial charge in [-0.2, -0.15) is 0 Å². The molecule has 0 atom stereocenters. The molecule has 3 N–H and O–H groups in total. The van der Waals surface area contributed by atoms with E-state index in [2.05, 4.69) is 10.3 Å². The molecule has 1 aliphatic rings. The first-order valence-electron chi connectivity index (χ1n) is 9.70. The Kier molecular flexibility index (Phi) is 7.06. The first-order valence-corrected chi connectivity index (χ1v) is 11.7. The largest absolute Gasteiger partial charge is 0.340 e. The van der Waals surface area contributed by atoms with Crippen molar-refractivity contribution in [1.82, 2.24) is 30.0 Å². The van der Waals surface area contributed by atoms with E-state index in [-0.39, 0.29) is 28.8 Å². The summed E-state index contributed by atoms with van der Waals surface area (Å²) in [5.41, 5.74) is 2.49. The summed E-state index contributed by atoms with van der Waals surface area (Å²) in [6.45, 7) is 0. The van der Waals surface area contributed by atoms with Crippen LogP contribution in [0.4, 0.5) is 9.18 Å². The quantitative estimate of drug-likeness (QED) is 0.511. The van der Waals surface area contributed by atoms with Crippen molar-refractivity contribution in [2.75, 3.05) is 19.8 Å². The highest BCUT2D eigenvalue weighted by Gasteiger charge is 2.34. The molecule has 3 rings (SSSR count). The van der Waals surface area contributed by atoms with Crippen molar-refractivity contribution in [3.63, 3.8) is 0 Å². The van der Waals surface area contributed by atoms with Crippen molar-refractivity contribution in [2.45, 2.75) is 18.9 Å². The minimum atomic E-state index is -3.87. The molecule has 174 valence electrons. The molecule has 1 fully saturated rings. The van der Waals surface area contributed by atoms with Crippen LogP contribution in [0.25, 0.3) is 11.3 Å². The average molecular weight is 487 g/mol. The zero-order valence-corrected chi connectivity index (χ0v) is 19.3. The van der Waals surface area contributed by atoms with Crippen LogP contribution in [0, 0.1) is 11.7 Å². The molecule has 0 radical (unpaired) electrons. The van der Waals surface area contributed by atoms with E-state index in [4.69, 9.17) is 11.6 Å². The van der Waals surface area contributed by atoms with E-state index in [9.17, 15) is 22.4 Å². The Bertz CT molecular complexity index is 1130. The summed E-state index contributed by atoms with van der Waals surface area (Å²) in [6, 6.07) is 2.25. The minimum Gasteiger partial charge on any atom is -0.340 e. The summed E-state index contributed by atoms with van der Waals surface area (Å²) in [5.74, 6) is -2.37. The number of rotatable bonds is 7. The molecule has 1 heterocycles. The van der Waals surface area contributed by atoms with Gasteiger partial charge in [-0.05, 0) is 30.9 Å². The van der Waals surface area contributed by atoms with Crippen LogP contribution in [0.3, 0.4) is 0 Å². The van der Waals surface area contributed by atoms with Crippen molar-refractivity contribution >= 4 is 33.6 Å². The van der Waals surface area contributed by atoms with Gasteiger partial charge in [-0.15, -0.1) is 4.83 Å². The van der Waals surface area contributed by atoms with Crippen molar-refractivity contribution in [2.24, 2.45) is 13.0 Å². The van der Waals surface area contributed by atoms with E-state index in [1.54, 1.807) is 31.9 Å². The Hall–Kier alpha value is -2.70. The van der Waals surface area contributed by atoms with Gasteiger partial charge in [0.1, 0.15) is 0 Å². The molecule has 2 aromatic rings. The predicted molar refractivity (Wildman–Crippen MR) is 117 cm³/mol. The van der Waals surface area contributed by atoms with Gasteiger partial charge in [-0.3, -0.25) is 10.2 Å². The maximum absolute atomic E-state index is 14.4. The average Bonchev–Trinajstić information content (AvgIpc) is 3.12. The molecule has 0 spiro atoms. The fourth-order valence-corrected chi connectivity index (χ4v) is 4.74. The lowest BCUT2D eigenvalue weighted by molar-refractivity contribution is 0.0940. The number of imidazole rings is 1. The fourth-order valence-electron chi connectivity index (χ4n) is 3.30. The van der Waals surface area contributed by atoms with Crippen molar-refractivity contribution in [3.8, 4) is 11.3 Å². The van der Waals surface area contributed by atoms with Crippen LogP contribution in [0.15, 0.2) is 24.7 Å². The van der Waals surface area contributed by atoms with Crippen LogP contribution in [0.1, 0.15) is 23.2 Å². The van der Waals surface area contributed by atoms with Gasteiger partial charge in [0, 0.05) is 38.9 Å². The SMILES string of the molecule is CN(C)C(=O)N[C@H]1C[C@H](CS(=O)(=O)NNC(=O)c2cc(-c3cn(C)cn3)cc(Cl)c2F)C1. The van der Waals surface area contributed by atoms with Crippen LogP contribution in [-0.2, 0) is 17.1 Å². The summed E-state index contributed by atoms with van der Waals surface area (Å²) < 4.78 is 40.7. The third-order valence-corrected chi connectivity index (χ3v) is 6.62. The second-order valence-corrected chi connectivity index (χ2v) is 10.1. The van der Waals surface area contributed by atoms with Gasteiger partial charge < -0.3 is 14.8 Å². The van der Waals surface area contributed by atoms with Gasteiger partial charge in [-0.1, -0.05) is 11.6 Å². The number of carbonyl (C=O) groups is 2. The number of hydrazine groups is 1. The molecule has 0 bridgehead atoms. The molecule has 10 nitrogen and oxygen atoms in total. The highest BCUT2D eigenvalue weighted by Crippen LogP contribution is 2.29. The predicted octanol–water partition coefficient (Wildman–Crippen LogP) is 1.49. The van der Waals surface area contributed by atoms with E-state index in [1.165, 1.54) is 23.4 Å². The van der Waals surface area contributed by atoms with E-state index in [0.717, 1.165) is 0 Å². The number of nitrogens with one attached hydrogen (secondary N) is 3. The Balaban J connectivity index is 1.58. The first-order chi connectivity index (χ1) is 14.9. The summed E-state index contributed by atoms with van der Waals surface area (Å²) in [6.07, 6.45) is 4.22. The number of hydrogen-bond acceptors (Lipinski definition) is 5. The zero-order valence-electron chi connectivity index (χ0n) is 17.7. The smallest absolute Gasteiger partial charge is 0.317 e. The Morgan fingerprint density at radius 1 is 1.31 bits per heavy atom. The normalized spacial score (nSPS) is 18.0. The number of aryl methyl sites for hydroxylation is 1. The third kappa shape index (κ3) is 5.75. The van der Waals surface area contributed by atoms with Gasteiger partial charge in [-0.25, -0.2) is 22.6 Å². The van der Waals surface area contributed by atoms with Crippen molar-refractivity contribution in [3.05, 3.63) is 41.1 Å². The number of benzene rings is 1. The summed E-state index contributed by atoms with van der Waals surface area (Å²) in [4.78, 5) is 31.6. The highest BCUT2D eigenvalue weighted by atomic mass is 35.5. The summed E-state index contributed by atoms with van der Waals surface area (Å²) >= 11 is 5.91.